The average Bonchev–Trinajstić information content (AvgIpc) is 3.27. The van der Waals surface area contributed by atoms with Crippen molar-refractivity contribution in [3.05, 3.63) is 93.2 Å². The lowest BCUT2D eigenvalue weighted by atomic mass is 10.2. The van der Waals surface area contributed by atoms with E-state index in [9.17, 15) is 4.79 Å². The fourth-order valence-electron chi connectivity index (χ4n) is 3.59. The van der Waals surface area contributed by atoms with Crippen LogP contribution >= 0.6 is 15.9 Å². The molecule has 0 aliphatic carbocycles. The van der Waals surface area contributed by atoms with E-state index in [0.717, 1.165) is 27.6 Å². The molecule has 6 nitrogen and oxygen atoms in total. The normalized spacial score (nSPS) is 12.6. The molecule has 0 aliphatic heterocycles. The van der Waals surface area contributed by atoms with Crippen molar-refractivity contribution >= 4 is 44.0 Å². The zero-order valence-corrected chi connectivity index (χ0v) is 20.3. The van der Waals surface area contributed by atoms with Crippen molar-refractivity contribution in [3.8, 4) is 17.3 Å². The van der Waals surface area contributed by atoms with Crippen LogP contribution in [0.1, 0.15) is 25.8 Å². The number of para-hydroxylation sites is 1. The summed E-state index contributed by atoms with van der Waals surface area (Å²) in [7, 11) is 0. The lowest BCUT2D eigenvalue weighted by Gasteiger charge is -2.12. The molecule has 0 amide bonds. The fourth-order valence-corrected chi connectivity index (χ4v) is 3.97. The first kappa shape index (κ1) is 22.1. The van der Waals surface area contributed by atoms with E-state index in [1.807, 2.05) is 73.7 Å². The molecule has 0 radical (unpaired) electrons. The van der Waals surface area contributed by atoms with Gasteiger partial charge < -0.3 is 9.15 Å². The largest absolute Gasteiger partial charge is 0.491 e. The molecule has 0 aliphatic rings. The number of ether oxygens (including phenoxy) is 1. The molecule has 5 rings (SSSR count). The number of nitrogens with zero attached hydrogens (tertiary/aromatic N) is 3. The Bertz CT molecular complexity index is 1570. The minimum absolute atomic E-state index is 0.147. The highest BCUT2D eigenvalue weighted by Gasteiger charge is 2.16. The standard InChI is InChI=1S/C27H22BrN3O3/c1-3-17(2)33-21-11-8-18(9-12-21)16-29-31-26(30-23-7-5-4-6-22(23)27(31)32)25-15-19-14-20(28)10-13-24(19)34-25/h4-17H,3H2,1-2H3/t17-/m0/s1. The molecule has 0 spiro atoms. The lowest BCUT2D eigenvalue weighted by molar-refractivity contribution is 0.217. The summed E-state index contributed by atoms with van der Waals surface area (Å²) in [4.78, 5) is 18.1. The maximum Gasteiger partial charge on any atom is 0.282 e. The maximum absolute atomic E-state index is 13.4. The molecule has 0 N–H and O–H groups in total. The Balaban J connectivity index is 1.59. The molecule has 7 heteroatoms. The highest BCUT2D eigenvalue weighted by Crippen LogP contribution is 2.29. The third-order valence-corrected chi connectivity index (χ3v) is 6.06. The molecule has 0 bridgehead atoms. The van der Waals surface area contributed by atoms with E-state index in [1.165, 1.54) is 4.68 Å². The molecule has 2 aromatic heterocycles. The number of furan rings is 1. The number of benzene rings is 3. The van der Waals surface area contributed by atoms with Gasteiger partial charge in [-0.3, -0.25) is 4.79 Å². The van der Waals surface area contributed by atoms with Crippen LogP contribution < -0.4 is 10.3 Å². The number of halogens is 1. The Hall–Kier alpha value is -3.71. The average molecular weight is 516 g/mol. The summed E-state index contributed by atoms with van der Waals surface area (Å²) in [5, 5.41) is 5.89. The van der Waals surface area contributed by atoms with Crippen molar-refractivity contribution in [2.24, 2.45) is 5.10 Å². The van der Waals surface area contributed by atoms with Gasteiger partial charge in [0.2, 0.25) is 5.82 Å². The summed E-state index contributed by atoms with van der Waals surface area (Å²) in [6.45, 7) is 4.12. The molecule has 0 fully saturated rings. The van der Waals surface area contributed by atoms with Crippen molar-refractivity contribution in [2.75, 3.05) is 0 Å². The number of rotatable bonds is 6. The quantitative estimate of drug-likeness (QED) is 0.238. The van der Waals surface area contributed by atoms with E-state index in [1.54, 1.807) is 12.3 Å². The van der Waals surface area contributed by atoms with Gasteiger partial charge in [-0.25, -0.2) is 4.98 Å². The third kappa shape index (κ3) is 4.39. The predicted octanol–water partition coefficient (Wildman–Crippen LogP) is 6.63. The molecule has 0 unspecified atom stereocenters. The topological polar surface area (TPSA) is 69.6 Å². The lowest BCUT2D eigenvalue weighted by Crippen LogP contribution is -2.20. The van der Waals surface area contributed by atoms with Crippen LogP contribution in [0, 0.1) is 0 Å². The van der Waals surface area contributed by atoms with Gasteiger partial charge in [0.05, 0.1) is 23.2 Å². The fraction of sp³-hybridized carbons (Fsp3) is 0.148. The van der Waals surface area contributed by atoms with Crippen molar-refractivity contribution < 1.29 is 9.15 Å². The Morgan fingerprint density at radius 2 is 1.91 bits per heavy atom. The Morgan fingerprint density at radius 3 is 2.71 bits per heavy atom. The second-order valence-corrected chi connectivity index (χ2v) is 8.93. The van der Waals surface area contributed by atoms with Crippen molar-refractivity contribution in [1.82, 2.24) is 9.66 Å². The van der Waals surface area contributed by atoms with Crippen LogP contribution in [-0.2, 0) is 0 Å². The summed E-state index contributed by atoms with van der Waals surface area (Å²) < 4.78 is 14.1. The third-order valence-electron chi connectivity index (χ3n) is 5.57. The molecule has 2 heterocycles. The van der Waals surface area contributed by atoms with E-state index in [0.29, 0.717) is 28.1 Å². The molecular weight excluding hydrogens is 494 g/mol. The second-order valence-electron chi connectivity index (χ2n) is 8.01. The van der Waals surface area contributed by atoms with Gasteiger partial charge in [-0.2, -0.15) is 9.78 Å². The van der Waals surface area contributed by atoms with Gasteiger partial charge in [-0.1, -0.05) is 35.0 Å². The van der Waals surface area contributed by atoms with Crippen LogP contribution in [-0.4, -0.2) is 22.0 Å². The molecule has 3 aromatic carbocycles. The van der Waals surface area contributed by atoms with Crippen LogP contribution in [0.15, 0.2) is 91.6 Å². The smallest absolute Gasteiger partial charge is 0.282 e. The highest BCUT2D eigenvalue weighted by atomic mass is 79.9. The van der Waals surface area contributed by atoms with E-state index in [2.05, 4.69) is 28.0 Å². The number of hydrogen-bond acceptors (Lipinski definition) is 5. The SMILES string of the molecule is CC[C@H](C)Oc1ccc(C=Nn2c(-c3cc4cc(Br)ccc4o3)nc3ccccc3c2=O)cc1. The molecule has 0 saturated carbocycles. The minimum Gasteiger partial charge on any atom is -0.491 e. The van der Waals surface area contributed by atoms with E-state index >= 15 is 0 Å². The molecule has 170 valence electrons. The van der Waals surface area contributed by atoms with Crippen LogP contribution in [0.5, 0.6) is 5.75 Å². The van der Waals surface area contributed by atoms with E-state index < -0.39 is 0 Å². The van der Waals surface area contributed by atoms with Gasteiger partial charge in [-0.05, 0) is 79.6 Å². The van der Waals surface area contributed by atoms with E-state index in [4.69, 9.17) is 14.1 Å². The Morgan fingerprint density at radius 1 is 1.12 bits per heavy atom. The molecule has 0 saturated heterocycles. The first-order valence-corrected chi connectivity index (χ1v) is 11.8. The van der Waals surface area contributed by atoms with E-state index in [-0.39, 0.29) is 11.7 Å². The van der Waals surface area contributed by atoms with Crippen molar-refractivity contribution in [2.45, 2.75) is 26.4 Å². The predicted molar refractivity (Wildman–Crippen MR) is 139 cm³/mol. The van der Waals surface area contributed by atoms with Gasteiger partial charge in [0, 0.05) is 9.86 Å². The Kier molecular flexibility index (Phi) is 6.02. The zero-order chi connectivity index (χ0) is 23.7. The Labute approximate surface area is 204 Å². The van der Waals surface area contributed by atoms with Crippen LogP contribution in [0.4, 0.5) is 0 Å². The van der Waals surface area contributed by atoms with Gasteiger partial charge in [-0.15, -0.1) is 0 Å². The monoisotopic (exact) mass is 515 g/mol. The molecule has 1 atom stereocenters. The van der Waals surface area contributed by atoms with Crippen molar-refractivity contribution in [3.63, 3.8) is 0 Å². The number of fused-ring (bicyclic) bond motifs is 2. The number of hydrogen-bond donors (Lipinski definition) is 0. The van der Waals surface area contributed by atoms with Crippen LogP contribution in [0.3, 0.4) is 0 Å². The second kappa shape index (κ2) is 9.27. The first-order valence-electron chi connectivity index (χ1n) is 11.0. The summed E-state index contributed by atoms with van der Waals surface area (Å²) in [6.07, 6.45) is 2.71. The highest BCUT2D eigenvalue weighted by molar-refractivity contribution is 9.10. The van der Waals surface area contributed by atoms with Crippen molar-refractivity contribution in [1.29, 1.82) is 0 Å². The molecule has 5 aromatic rings. The minimum atomic E-state index is -0.268. The van der Waals surface area contributed by atoms with Crippen LogP contribution in [0.25, 0.3) is 33.5 Å². The summed E-state index contributed by atoms with van der Waals surface area (Å²) >= 11 is 3.48. The molecule has 34 heavy (non-hydrogen) atoms. The van der Waals surface area contributed by atoms with Gasteiger partial charge >= 0.3 is 0 Å². The first-order chi connectivity index (χ1) is 16.5. The maximum atomic E-state index is 13.4. The number of aromatic nitrogens is 2. The summed E-state index contributed by atoms with van der Waals surface area (Å²) in [6, 6.07) is 22.4. The summed E-state index contributed by atoms with van der Waals surface area (Å²) in [5.74, 6) is 1.60. The zero-order valence-electron chi connectivity index (χ0n) is 18.7. The van der Waals surface area contributed by atoms with Gasteiger partial charge in [0.25, 0.3) is 5.56 Å². The molecular formula is C27H22BrN3O3. The summed E-state index contributed by atoms with van der Waals surface area (Å²) in [5.41, 5.74) is 1.85. The van der Waals surface area contributed by atoms with Crippen LogP contribution in [0.2, 0.25) is 0 Å². The van der Waals surface area contributed by atoms with Gasteiger partial charge in [0.1, 0.15) is 11.3 Å². The van der Waals surface area contributed by atoms with Gasteiger partial charge in [0.15, 0.2) is 5.76 Å².